The largest absolute Gasteiger partial charge is 0.455 e. The maximum absolute atomic E-state index is 6.36. The summed E-state index contributed by atoms with van der Waals surface area (Å²) in [4.78, 5) is 9.49. The van der Waals surface area contributed by atoms with E-state index in [9.17, 15) is 0 Å². The van der Waals surface area contributed by atoms with Crippen LogP contribution in [-0.2, 0) is 0 Å². The third-order valence-electron chi connectivity index (χ3n) is 6.70. The maximum atomic E-state index is 6.36. The standard InChI is InChI=1S/C34H23N3O/c1-2-10-23(11-3-1)31-16-9-18-33(37-31)36-26-21-24(20-25(22-26)30-15-6-7-19-35-30)27-13-8-14-29-28-12-4-5-17-32(28)38-34(27)29/h1-22H,(H,36,37). The van der Waals surface area contributed by atoms with Gasteiger partial charge in [-0.1, -0.05) is 78.9 Å². The Morgan fingerprint density at radius 3 is 2.21 bits per heavy atom. The van der Waals surface area contributed by atoms with Gasteiger partial charge in [0.2, 0.25) is 0 Å². The van der Waals surface area contributed by atoms with E-state index in [1.54, 1.807) is 0 Å². The van der Waals surface area contributed by atoms with E-state index in [0.717, 1.165) is 67.1 Å². The minimum Gasteiger partial charge on any atom is -0.455 e. The molecule has 0 saturated heterocycles. The van der Waals surface area contributed by atoms with Crippen LogP contribution in [-0.4, -0.2) is 9.97 Å². The molecule has 7 aromatic rings. The fraction of sp³-hybridized carbons (Fsp3) is 0. The van der Waals surface area contributed by atoms with E-state index in [1.165, 1.54) is 0 Å². The zero-order valence-electron chi connectivity index (χ0n) is 20.5. The molecule has 0 spiro atoms. The van der Waals surface area contributed by atoms with Crippen molar-refractivity contribution in [2.24, 2.45) is 0 Å². The van der Waals surface area contributed by atoms with Crippen LogP contribution in [0, 0.1) is 0 Å². The summed E-state index contributed by atoms with van der Waals surface area (Å²) in [7, 11) is 0. The second-order valence-electron chi connectivity index (χ2n) is 9.19. The van der Waals surface area contributed by atoms with Crippen molar-refractivity contribution in [2.75, 3.05) is 5.32 Å². The Morgan fingerprint density at radius 1 is 0.553 bits per heavy atom. The molecule has 38 heavy (non-hydrogen) atoms. The Morgan fingerprint density at radius 2 is 1.32 bits per heavy atom. The van der Waals surface area contributed by atoms with Crippen molar-refractivity contribution < 1.29 is 4.42 Å². The normalized spacial score (nSPS) is 11.2. The van der Waals surface area contributed by atoms with Gasteiger partial charge in [-0.2, -0.15) is 0 Å². The highest BCUT2D eigenvalue weighted by Crippen LogP contribution is 2.38. The van der Waals surface area contributed by atoms with Gasteiger partial charge in [0.05, 0.1) is 11.4 Å². The first-order valence-corrected chi connectivity index (χ1v) is 12.6. The SMILES string of the molecule is c1ccc(-c2cccc(Nc3cc(-c4ccccn4)cc(-c4cccc5c4oc4ccccc45)c3)n2)cc1. The fourth-order valence-electron chi connectivity index (χ4n) is 4.93. The molecule has 0 radical (unpaired) electrons. The maximum Gasteiger partial charge on any atom is 0.143 e. The monoisotopic (exact) mass is 489 g/mol. The Bertz CT molecular complexity index is 1890. The Kier molecular flexibility index (Phi) is 5.41. The van der Waals surface area contributed by atoms with E-state index in [1.807, 2.05) is 79.0 Å². The van der Waals surface area contributed by atoms with Gasteiger partial charge in [0.15, 0.2) is 0 Å². The van der Waals surface area contributed by atoms with E-state index in [4.69, 9.17) is 9.40 Å². The molecule has 0 aliphatic rings. The molecule has 1 N–H and O–H groups in total. The Balaban J connectivity index is 1.37. The van der Waals surface area contributed by atoms with E-state index in [-0.39, 0.29) is 0 Å². The molecule has 4 nitrogen and oxygen atoms in total. The number of hydrogen-bond acceptors (Lipinski definition) is 4. The van der Waals surface area contributed by atoms with Gasteiger partial charge in [0.1, 0.15) is 17.0 Å². The zero-order chi connectivity index (χ0) is 25.3. The van der Waals surface area contributed by atoms with Crippen molar-refractivity contribution in [3.05, 3.63) is 134 Å². The van der Waals surface area contributed by atoms with Crippen LogP contribution in [0.1, 0.15) is 0 Å². The first-order chi connectivity index (χ1) is 18.8. The van der Waals surface area contributed by atoms with Crippen molar-refractivity contribution >= 4 is 33.4 Å². The summed E-state index contributed by atoms with van der Waals surface area (Å²) in [5, 5.41) is 5.76. The summed E-state index contributed by atoms with van der Waals surface area (Å²) < 4.78 is 6.36. The summed E-state index contributed by atoms with van der Waals surface area (Å²) >= 11 is 0. The van der Waals surface area contributed by atoms with Crippen LogP contribution in [0.5, 0.6) is 0 Å². The number of rotatable bonds is 5. The van der Waals surface area contributed by atoms with Gasteiger partial charge >= 0.3 is 0 Å². The number of benzene rings is 4. The van der Waals surface area contributed by atoms with Gasteiger partial charge in [-0.25, -0.2) is 4.98 Å². The molecule has 4 aromatic carbocycles. The Hall–Kier alpha value is -5.22. The molecule has 7 rings (SSSR count). The van der Waals surface area contributed by atoms with Crippen LogP contribution in [0.15, 0.2) is 138 Å². The van der Waals surface area contributed by atoms with Crippen LogP contribution < -0.4 is 5.32 Å². The van der Waals surface area contributed by atoms with E-state index >= 15 is 0 Å². The minimum atomic E-state index is 0.775. The first kappa shape index (κ1) is 22.0. The van der Waals surface area contributed by atoms with Crippen LogP contribution in [0.4, 0.5) is 11.5 Å². The van der Waals surface area contributed by atoms with Crippen LogP contribution >= 0.6 is 0 Å². The molecule has 3 heterocycles. The molecular formula is C34H23N3O. The van der Waals surface area contributed by atoms with Crippen LogP contribution in [0.2, 0.25) is 0 Å². The average molecular weight is 490 g/mol. The number of para-hydroxylation sites is 2. The number of hydrogen-bond donors (Lipinski definition) is 1. The lowest BCUT2D eigenvalue weighted by atomic mass is 9.98. The molecule has 0 aliphatic carbocycles. The molecule has 180 valence electrons. The number of anilines is 2. The van der Waals surface area contributed by atoms with Gasteiger partial charge in [0, 0.05) is 39.3 Å². The molecule has 0 bridgehead atoms. The van der Waals surface area contributed by atoms with Gasteiger partial charge < -0.3 is 9.73 Å². The first-order valence-electron chi connectivity index (χ1n) is 12.6. The third-order valence-corrected chi connectivity index (χ3v) is 6.70. The predicted molar refractivity (Wildman–Crippen MR) is 155 cm³/mol. The highest BCUT2D eigenvalue weighted by Gasteiger charge is 2.14. The van der Waals surface area contributed by atoms with Gasteiger partial charge in [-0.05, 0) is 54.1 Å². The van der Waals surface area contributed by atoms with Crippen LogP contribution in [0.25, 0.3) is 55.6 Å². The summed E-state index contributed by atoms with van der Waals surface area (Å²) in [6.07, 6.45) is 1.82. The van der Waals surface area contributed by atoms with E-state index in [2.05, 4.69) is 64.9 Å². The van der Waals surface area contributed by atoms with Crippen molar-refractivity contribution in [3.63, 3.8) is 0 Å². The number of aromatic nitrogens is 2. The highest BCUT2D eigenvalue weighted by molar-refractivity contribution is 6.09. The zero-order valence-corrected chi connectivity index (χ0v) is 20.5. The van der Waals surface area contributed by atoms with E-state index < -0.39 is 0 Å². The number of furan rings is 1. The topological polar surface area (TPSA) is 51.0 Å². The van der Waals surface area contributed by atoms with Crippen molar-refractivity contribution in [2.45, 2.75) is 0 Å². The van der Waals surface area contributed by atoms with Gasteiger partial charge in [-0.3, -0.25) is 4.98 Å². The van der Waals surface area contributed by atoms with Gasteiger partial charge in [0.25, 0.3) is 0 Å². The molecule has 0 saturated carbocycles. The Labute approximate surface area is 220 Å². The predicted octanol–water partition coefficient (Wildman–Crippen LogP) is 9.12. The third kappa shape index (κ3) is 4.08. The minimum absolute atomic E-state index is 0.775. The molecule has 0 amide bonds. The highest BCUT2D eigenvalue weighted by atomic mass is 16.3. The van der Waals surface area contributed by atoms with Crippen LogP contribution in [0.3, 0.4) is 0 Å². The molecule has 0 fully saturated rings. The summed E-state index contributed by atoms with van der Waals surface area (Å²) in [5.74, 6) is 0.775. The molecule has 0 unspecified atom stereocenters. The lowest BCUT2D eigenvalue weighted by molar-refractivity contribution is 0.670. The second kappa shape index (κ2) is 9.34. The molecule has 3 aromatic heterocycles. The van der Waals surface area contributed by atoms with E-state index in [0.29, 0.717) is 0 Å². The smallest absolute Gasteiger partial charge is 0.143 e. The lowest BCUT2D eigenvalue weighted by Crippen LogP contribution is -1.96. The average Bonchev–Trinajstić information content (AvgIpc) is 3.37. The number of nitrogens with zero attached hydrogens (tertiary/aromatic N) is 2. The molecular weight excluding hydrogens is 466 g/mol. The molecule has 4 heteroatoms. The summed E-state index contributed by atoms with van der Waals surface area (Å²) in [5.41, 5.74) is 8.68. The lowest BCUT2D eigenvalue weighted by Gasteiger charge is -2.13. The van der Waals surface area contributed by atoms with Crippen molar-refractivity contribution in [3.8, 4) is 33.6 Å². The summed E-state index contributed by atoms with van der Waals surface area (Å²) in [6.45, 7) is 0. The molecule has 0 aliphatic heterocycles. The number of fused-ring (bicyclic) bond motifs is 3. The molecule has 0 atom stereocenters. The number of pyridine rings is 2. The van der Waals surface area contributed by atoms with Crippen molar-refractivity contribution in [1.82, 2.24) is 9.97 Å². The number of nitrogens with one attached hydrogen (secondary N) is 1. The van der Waals surface area contributed by atoms with Gasteiger partial charge in [-0.15, -0.1) is 0 Å². The van der Waals surface area contributed by atoms with Crippen molar-refractivity contribution in [1.29, 1.82) is 0 Å². The second-order valence-corrected chi connectivity index (χ2v) is 9.19. The fourth-order valence-corrected chi connectivity index (χ4v) is 4.93. The summed E-state index contributed by atoms with van der Waals surface area (Å²) in [6, 6.07) is 43.1. The quantitative estimate of drug-likeness (QED) is 0.262.